The molecule has 0 aliphatic rings. The molecular weight excluding hydrogens is 276 g/mol. The molecule has 2 aromatic carbocycles. The molecule has 3 rings (SSSR count). The highest BCUT2D eigenvalue weighted by Crippen LogP contribution is 2.23. The maximum atomic E-state index is 5.77. The van der Waals surface area contributed by atoms with Crippen molar-refractivity contribution in [3.8, 4) is 11.5 Å². The molecule has 0 aliphatic heterocycles. The van der Waals surface area contributed by atoms with Crippen LogP contribution in [0.15, 0.2) is 59.1 Å². The van der Waals surface area contributed by atoms with Gasteiger partial charge < -0.3 is 14.6 Å². The van der Waals surface area contributed by atoms with Gasteiger partial charge in [0.15, 0.2) is 0 Å². The normalized spacial score (nSPS) is 10.5. The van der Waals surface area contributed by atoms with Gasteiger partial charge in [0, 0.05) is 17.8 Å². The maximum absolute atomic E-state index is 5.77. The van der Waals surface area contributed by atoms with Crippen molar-refractivity contribution in [2.75, 3.05) is 5.32 Å². The molecule has 0 saturated carbocycles. The van der Waals surface area contributed by atoms with Gasteiger partial charge in [-0.2, -0.15) is 0 Å². The van der Waals surface area contributed by atoms with Crippen LogP contribution >= 0.6 is 0 Å². The van der Waals surface area contributed by atoms with Crippen LogP contribution in [-0.4, -0.2) is 5.16 Å². The number of aromatic nitrogens is 1. The number of anilines is 1. The molecule has 0 fully saturated rings. The first-order chi connectivity index (χ1) is 10.7. The number of nitrogens with zero attached hydrogens (tertiary/aromatic N) is 1. The van der Waals surface area contributed by atoms with E-state index in [2.05, 4.69) is 10.5 Å². The average Bonchev–Trinajstić information content (AvgIpc) is 2.86. The zero-order valence-electron chi connectivity index (χ0n) is 12.7. The minimum Gasteiger partial charge on any atom is -0.457 e. The van der Waals surface area contributed by atoms with Gasteiger partial charge in [-0.05, 0) is 50.2 Å². The van der Waals surface area contributed by atoms with Crippen molar-refractivity contribution in [3.63, 3.8) is 0 Å². The number of benzene rings is 2. The van der Waals surface area contributed by atoms with E-state index >= 15 is 0 Å². The molecule has 1 aromatic heterocycles. The Bertz CT molecular complexity index is 714. The summed E-state index contributed by atoms with van der Waals surface area (Å²) < 4.78 is 10.9. The summed E-state index contributed by atoms with van der Waals surface area (Å²) in [6.07, 6.45) is 0. The molecule has 0 spiro atoms. The Balaban J connectivity index is 1.62. The molecule has 0 atom stereocenters. The van der Waals surface area contributed by atoms with Crippen LogP contribution in [0.1, 0.15) is 17.0 Å². The first-order valence-corrected chi connectivity index (χ1v) is 7.21. The summed E-state index contributed by atoms with van der Waals surface area (Å²) in [7, 11) is 0. The minimum atomic E-state index is 0.694. The summed E-state index contributed by atoms with van der Waals surface area (Å²) in [6, 6.07) is 17.6. The smallest absolute Gasteiger partial charge is 0.138 e. The number of hydrogen-bond acceptors (Lipinski definition) is 4. The largest absolute Gasteiger partial charge is 0.457 e. The number of rotatable bonds is 5. The van der Waals surface area contributed by atoms with Gasteiger partial charge in [0.25, 0.3) is 0 Å². The van der Waals surface area contributed by atoms with Crippen LogP contribution in [0.3, 0.4) is 0 Å². The van der Waals surface area contributed by atoms with Crippen LogP contribution in [-0.2, 0) is 6.54 Å². The van der Waals surface area contributed by atoms with E-state index in [1.54, 1.807) is 0 Å². The van der Waals surface area contributed by atoms with Crippen LogP contribution in [0.5, 0.6) is 11.5 Å². The van der Waals surface area contributed by atoms with Crippen LogP contribution in [0.25, 0.3) is 0 Å². The van der Waals surface area contributed by atoms with Crippen LogP contribution in [0.2, 0.25) is 0 Å². The Morgan fingerprint density at radius 3 is 2.27 bits per heavy atom. The molecule has 3 aromatic rings. The summed E-state index contributed by atoms with van der Waals surface area (Å²) in [5, 5.41) is 7.32. The van der Waals surface area contributed by atoms with E-state index < -0.39 is 0 Å². The SMILES string of the molecule is Cc1noc(C)c1CNc1ccc(Oc2ccccc2)cc1. The van der Waals surface area contributed by atoms with Crippen molar-refractivity contribution in [1.29, 1.82) is 0 Å². The summed E-state index contributed by atoms with van der Waals surface area (Å²) in [5.74, 6) is 2.50. The zero-order valence-corrected chi connectivity index (χ0v) is 12.7. The number of nitrogens with one attached hydrogen (secondary N) is 1. The Labute approximate surface area is 129 Å². The molecule has 0 saturated heterocycles. The number of ether oxygens (including phenoxy) is 1. The first kappa shape index (κ1) is 14.2. The molecule has 0 aliphatic carbocycles. The van der Waals surface area contributed by atoms with Gasteiger partial charge in [-0.1, -0.05) is 23.4 Å². The number of hydrogen-bond donors (Lipinski definition) is 1. The standard InChI is InChI=1S/C18H18N2O2/c1-13-18(14(2)22-20-13)12-19-15-8-10-17(11-9-15)21-16-6-4-3-5-7-16/h3-11,19H,12H2,1-2H3. The van der Waals surface area contributed by atoms with Crippen molar-refractivity contribution < 1.29 is 9.26 Å². The topological polar surface area (TPSA) is 47.3 Å². The quantitative estimate of drug-likeness (QED) is 0.741. The number of para-hydroxylation sites is 1. The molecule has 0 amide bonds. The third-order valence-corrected chi connectivity index (χ3v) is 3.48. The second-order valence-electron chi connectivity index (χ2n) is 5.10. The van der Waals surface area contributed by atoms with Gasteiger partial charge in [-0.3, -0.25) is 0 Å². The zero-order chi connectivity index (χ0) is 15.4. The van der Waals surface area contributed by atoms with Gasteiger partial charge in [0.2, 0.25) is 0 Å². The minimum absolute atomic E-state index is 0.694. The van der Waals surface area contributed by atoms with Crippen LogP contribution < -0.4 is 10.1 Å². The average molecular weight is 294 g/mol. The Kier molecular flexibility index (Phi) is 4.10. The van der Waals surface area contributed by atoms with Crippen molar-refractivity contribution in [1.82, 2.24) is 5.16 Å². The summed E-state index contributed by atoms with van der Waals surface area (Å²) in [4.78, 5) is 0. The van der Waals surface area contributed by atoms with E-state index in [1.165, 1.54) is 0 Å². The van der Waals surface area contributed by atoms with Gasteiger partial charge in [-0.15, -0.1) is 0 Å². The molecule has 4 heteroatoms. The third-order valence-electron chi connectivity index (χ3n) is 3.48. The molecule has 0 bridgehead atoms. The fourth-order valence-corrected chi connectivity index (χ4v) is 2.21. The molecule has 0 unspecified atom stereocenters. The Morgan fingerprint density at radius 2 is 1.64 bits per heavy atom. The van der Waals surface area contributed by atoms with Crippen LogP contribution in [0, 0.1) is 13.8 Å². The van der Waals surface area contributed by atoms with E-state index in [1.807, 2.05) is 68.4 Å². The van der Waals surface area contributed by atoms with Crippen molar-refractivity contribution in [3.05, 3.63) is 71.6 Å². The lowest BCUT2D eigenvalue weighted by molar-refractivity contribution is 0.392. The van der Waals surface area contributed by atoms with Gasteiger partial charge >= 0.3 is 0 Å². The Morgan fingerprint density at radius 1 is 0.955 bits per heavy atom. The molecular formula is C18H18N2O2. The second kappa shape index (κ2) is 6.35. The highest BCUT2D eigenvalue weighted by molar-refractivity contribution is 5.48. The van der Waals surface area contributed by atoms with Crippen molar-refractivity contribution >= 4 is 5.69 Å². The van der Waals surface area contributed by atoms with Gasteiger partial charge in [0.1, 0.15) is 17.3 Å². The monoisotopic (exact) mass is 294 g/mol. The fourth-order valence-electron chi connectivity index (χ4n) is 2.21. The lowest BCUT2D eigenvalue weighted by Gasteiger charge is -2.08. The van der Waals surface area contributed by atoms with Crippen molar-refractivity contribution in [2.24, 2.45) is 0 Å². The molecule has 112 valence electrons. The van der Waals surface area contributed by atoms with E-state index in [9.17, 15) is 0 Å². The third kappa shape index (κ3) is 3.28. The summed E-state index contributed by atoms with van der Waals surface area (Å²) >= 11 is 0. The van der Waals surface area contributed by atoms with E-state index in [-0.39, 0.29) is 0 Å². The fraction of sp³-hybridized carbons (Fsp3) is 0.167. The first-order valence-electron chi connectivity index (χ1n) is 7.21. The molecule has 1 heterocycles. The van der Waals surface area contributed by atoms with E-state index in [0.29, 0.717) is 6.54 Å². The number of aryl methyl sites for hydroxylation is 2. The summed E-state index contributed by atoms with van der Waals surface area (Å²) in [5.41, 5.74) is 3.05. The second-order valence-corrected chi connectivity index (χ2v) is 5.10. The van der Waals surface area contributed by atoms with E-state index in [4.69, 9.17) is 9.26 Å². The predicted molar refractivity (Wildman–Crippen MR) is 86.3 cm³/mol. The molecule has 4 nitrogen and oxygen atoms in total. The molecule has 22 heavy (non-hydrogen) atoms. The highest BCUT2D eigenvalue weighted by Gasteiger charge is 2.08. The summed E-state index contributed by atoms with van der Waals surface area (Å²) in [6.45, 7) is 4.57. The van der Waals surface area contributed by atoms with Crippen LogP contribution in [0.4, 0.5) is 5.69 Å². The van der Waals surface area contributed by atoms with Gasteiger partial charge in [-0.25, -0.2) is 0 Å². The van der Waals surface area contributed by atoms with Gasteiger partial charge in [0.05, 0.1) is 5.69 Å². The van der Waals surface area contributed by atoms with E-state index in [0.717, 1.165) is 34.2 Å². The van der Waals surface area contributed by atoms with Crippen molar-refractivity contribution in [2.45, 2.75) is 20.4 Å². The molecule has 1 N–H and O–H groups in total. The Hall–Kier alpha value is -2.75. The lowest BCUT2D eigenvalue weighted by Crippen LogP contribution is -2.01. The molecule has 0 radical (unpaired) electrons. The predicted octanol–water partition coefficient (Wildman–Crippen LogP) is 4.70. The maximum Gasteiger partial charge on any atom is 0.138 e. The lowest BCUT2D eigenvalue weighted by atomic mass is 10.2. The highest BCUT2D eigenvalue weighted by atomic mass is 16.5.